The monoisotopic (exact) mass is 228 g/mol. The number of carboxylic acids is 1. The highest BCUT2D eigenvalue weighted by Crippen LogP contribution is 2.38. The van der Waals surface area contributed by atoms with Gasteiger partial charge in [-0.1, -0.05) is 11.6 Å². The predicted molar refractivity (Wildman–Crippen MR) is 53.5 cm³/mol. The smallest absolute Gasteiger partial charge is 0.303 e. The molecule has 0 aromatic heterocycles. The molecule has 2 rings (SSSR count). The van der Waals surface area contributed by atoms with Gasteiger partial charge in [-0.25, -0.2) is 0 Å². The lowest BCUT2D eigenvalue weighted by Crippen LogP contribution is -1.99. The van der Waals surface area contributed by atoms with Crippen LogP contribution < -0.4 is 9.47 Å². The van der Waals surface area contributed by atoms with Crippen molar-refractivity contribution >= 4 is 17.6 Å². The van der Waals surface area contributed by atoms with Crippen molar-refractivity contribution < 1.29 is 19.4 Å². The molecule has 4 nitrogen and oxygen atoms in total. The van der Waals surface area contributed by atoms with Crippen LogP contribution in [-0.2, 0) is 11.2 Å². The van der Waals surface area contributed by atoms with E-state index in [-0.39, 0.29) is 13.2 Å². The van der Waals surface area contributed by atoms with Gasteiger partial charge < -0.3 is 14.6 Å². The number of aliphatic carboxylic acids is 1. The van der Waals surface area contributed by atoms with Gasteiger partial charge in [-0.15, -0.1) is 0 Å². The van der Waals surface area contributed by atoms with Crippen LogP contribution in [0.2, 0.25) is 5.02 Å². The van der Waals surface area contributed by atoms with E-state index in [0.717, 1.165) is 5.56 Å². The van der Waals surface area contributed by atoms with Gasteiger partial charge in [0.25, 0.3) is 0 Å². The fraction of sp³-hybridized carbons (Fsp3) is 0.300. The molecule has 0 saturated heterocycles. The van der Waals surface area contributed by atoms with Gasteiger partial charge in [-0.3, -0.25) is 4.79 Å². The molecule has 15 heavy (non-hydrogen) atoms. The van der Waals surface area contributed by atoms with Crippen molar-refractivity contribution in [3.63, 3.8) is 0 Å². The minimum Gasteiger partial charge on any atom is -0.481 e. The summed E-state index contributed by atoms with van der Waals surface area (Å²) in [7, 11) is 0. The first-order chi connectivity index (χ1) is 7.16. The molecule has 0 unspecified atom stereocenters. The molecule has 0 amide bonds. The van der Waals surface area contributed by atoms with Gasteiger partial charge in [-0.05, 0) is 12.5 Å². The lowest BCUT2D eigenvalue weighted by atomic mass is 10.1. The second-order valence-electron chi connectivity index (χ2n) is 3.19. The van der Waals surface area contributed by atoms with Crippen molar-refractivity contribution in [1.29, 1.82) is 0 Å². The van der Waals surface area contributed by atoms with Crippen molar-refractivity contribution in [1.82, 2.24) is 0 Å². The molecule has 0 atom stereocenters. The van der Waals surface area contributed by atoms with E-state index in [1.165, 1.54) is 0 Å². The Hall–Kier alpha value is -1.42. The minimum absolute atomic E-state index is 0.0517. The second kappa shape index (κ2) is 3.98. The Morgan fingerprint density at radius 2 is 2.27 bits per heavy atom. The van der Waals surface area contributed by atoms with Crippen LogP contribution >= 0.6 is 11.6 Å². The highest BCUT2D eigenvalue weighted by Gasteiger charge is 2.19. The third-order valence-electron chi connectivity index (χ3n) is 2.12. The molecule has 1 aromatic rings. The average molecular weight is 229 g/mol. The number of aryl methyl sites for hydroxylation is 1. The molecule has 0 fully saturated rings. The minimum atomic E-state index is -0.845. The topological polar surface area (TPSA) is 55.8 Å². The van der Waals surface area contributed by atoms with Crippen molar-refractivity contribution in [2.45, 2.75) is 12.8 Å². The van der Waals surface area contributed by atoms with E-state index < -0.39 is 5.97 Å². The summed E-state index contributed by atoms with van der Waals surface area (Å²) in [5, 5.41) is 9.12. The molecule has 1 aromatic carbocycles. The standard InChI is InChI=1S/C10H9ClO4/c11-7-3-6(1-2-9(12)13)10-8(4-7)14-5-15-10/h3-4H,1-2,5H2,(H,12,13). The van der Waals surface area contributed by atoms with Crippen molar-refractivity contribution in [3.8, 4) is 11.5 Å². The number of fused-ring (bicyclic) bond motifs is 1. The predicted octanol–water partition coefficient (Wildman–Crippen LogP) is 2.09. The Labute approximate surface area is 91.4 Å². The Morgan fingerprint density at radius 3 is 3.00 bits per heavy atom. The fourth-order valence-electron chi connectivity index (χ4n) is 1.47. The number of rotatable bonds is 3. The summed E-state index contributed by atoms with van der Waals surface area (Å²) in [6.45, 7) is 0.162. The van der Waals surface area contributed by atoms with Crippen molar-refractivity contribution in [2.75, 3.05) is 6.79 Å². The second-order valence-corrected chi connectivity index (χ2v) is 3.63. The van der Waals surface area contributed by atoms with Crippen LogP contribution in [0.5, 0.6) is 11.5 Å². The molecule has 1 N–H and O–H groups in total. The summed E-state index contributed by atoms with van der Waals surface area (Å²) in [5.74, 6) is 0.353. The van der Waals surface area contributed by atoms with Gasteiger partial charge in [0.1, 0.15) is 0 Å². The first-order valence-electron chi connectivity index (χ1n) is 4.46. The molecule has 5 heteroatoms. The van der Waals surface area contributed by atoms with Crippen LogP contribution in [0.4, 0.5) is 0 Å². The van der Waals surface area contributed by atoms with E-state index in [2.05, 4.69) is 0 Å². The molecule has 0 radical (unpaired) electrons. The maximum atomic E-state index is 10.5. The highest BCUT2D eigenvalue weighted by molar-refractivity contribution is 6.30. The van der Waals surface area contributed by atoms with Crippen LogP contribution in [-0.4, -0.2) is 17.9 Å². The Morgan fingerprint density at radius 1 is 1.47 bits per heavy atom. The Bertz CT molecular complexity index is 403. The van der Waals surface area contributed by atoms with Crippen LogP contribution in [0.1, 0.15) is 12.0 Å². The van der Waals surface area contributed by atoms with Gasteiger partial charge in [0.15, 0.2) is 11.5 Å². The zero-order valence-corrected chi connectivity index (χ0v) is 8.58. The number of carbonyl (C=O) groups is 1. The first-order valence-corrected chi connectivity index (χ1v) is 4.84. The summed E-state index contributed by atoms with van der Waals surface area (Å²) < 4.78 is 10.4. The third-order valence-corrected chi connectivity index (χ3v) is 2.34. The van der Waals surface area contributed by atoms with Gasteiger partial charge in [0, 0.05) is 23.1 Å². The van der Waals surface area contributed by atoms with Gasteiger partial charge in [-0.2, -0.15) is 0 Å². The lowest BCUT2D eigenvalue weighted by molar-refractivity contribution is -0.136. The maximum absolute atomic E-state index is 10.5. The molecule has 80 valence electrons. The number of carboxylic acid groups (broad SMARTS) is 1. The van der Waals surface area contributed by atoms with E-state index >= 15 is 0 Å². The number of ether oxygens (including phenoxy) is 2. The summed E-state index contributed by atoms with van der Waals surface area (Å²) >= 11 is 5.86. The number of halogens is 1. The molecular weight excluding hydrogens is 220 g/mol. The van der Waals surface area contributed by atoms with Crippen LogP contribution in [0.15, 0.2) is 12.1 Å². The van der Waals surface area contributed by atoms with E-state index in [9.17, 15) is 4.79 Å². The average Bonchev–Trinajstić information content (AvgIpc) is 2.61. The third kappa shape index (κ3) is 2.15. The van der Waals surface area contributed by atoms with E-state index in [1.54, 1.807) is 12.1 Å². The van der Waals surface area contributed by atoms with Crippen LogP contribution in [0, 0.1) is 0 Å². The number of benzene rings is 1. The number of hydrogen-bond donors (Lipinski definition) is 1. The Kier molecular flexibility index (Phi) is 2.68. The molecule has 0 bridgehead atoms. The maximum Gasteiger partial charge on any atom is 0.303 e. The quantitative estimate of drug-likeness (QED) is 0.861. The van der Waals surface area contributed by atoms with Crippen molar-refractivity contribution in [3.05, 3.63) is 22.7 Å². The van der Waals surface area contributed by atoms with Crippen molar-refractivity contribution in [2.24, 2.45) is 0 Å². The number of hydrogen-bond acceptors (Lipinski definition) is 3. The summed E-state index contributed by atoms with van der Waals surface area (Å²) in [5.41, 5.74) is 0.775. The van der Waals surface area contributed by atoms with Crippen LogP contribution in [0.3, 0.4) is 0 Å². The molecule has 1 aliphatic heterocycles. The highest BCUT2D eigenvalue weighted by atomic mass is 35.5. The molecule has 1 aliphatic rings. The van der Waals surface area contributed by atoms with Gasteiger partial charge in [0.2, 0.25) is 6.79 Å². The molecule has 0 spiro atoms. The van der Waals surface area contributed by atoms with E-state index in [4.69, 9.17) is 26.2 Å². The SMILES string of the molecule is O=C(O)CCc1cc(Cl)cc2c1OCO2. The molecule has 1 heterocycles. The normalized spacial score (nSPS) is 12.9. The van der Waals surface area contributed by atoms with Crippen LogP contribution in [0.25, 0.3) is 0 Å². The lowest BCUT2D eigenvalue weighted by Gasteiger charge is -2.04. The molecule has 0 aliphatic carbocycles. The first kappa shape index (κ1) is 10.1. The van der Waals surface area contributed by atoms with Gasteiger partial charge >= 0.3 is 5.97 Å². The summed E-state index contributed by atoms with van der Waals surface area (Å²) in [6, 6.07) is 3.37. The molecular formula is C10H9ClO4. The van der Waals surface area contributed by atoms with E-state index in [0.29, 0.717) is 22.9 Å². The summed E-state index contributed by atoms with van der Waals surface area (Å²) in [4.78, 5) is 10.5. The Balaban J connectivity index is 2.26. The zero-order chi connectivity index (χ0) is 10.8. The van der Waals surface area contributed by atoms with Gasteiger partial charge in [0.05, 0.1) is 0 Å². The molecule has 0 saturated carbocycles. The summed E-state index contributed by atoms with van der Waals surface area (Å²) in [6.07, 6.45) is 0.442. The largest absolute Gasteiger partial charge is 0.481 e. The van der Waals surface area contributed by atoms with E-state index in [1.807, 2.05) is 0 Å². The zero-order valence-electron chi connectivity index (χ0n) is 7.83. The fourth-order valence-corrected chi connectivity index (χ4v) is 1.70.